The van der Waals surface area contributed by atoms with Crippen molar-refractivity contribution in [1.82, 2.24) is 14.7 Å². The highest BCUT2D eigenvalue weighted by Crippen LogP contribution is 2.27. The second kappa shape index (κ2) is 6.13. The average Bonchev–Trinajstić information content (AvgIpc) is 3.17. The Bertz CT molecular complexity index is 764. The number of nitrogens with zero attached hydrogens (tertiary/aromatic N) is 4. The Balaban J connectivity index is 1.91. The van der Waals surface area contributed by atoms with Gasteiger partial charge in [0.15, 0.2) is 0 Å². The van der Waals surface area contributed by atoms with E-state index >= 15 is 0 Å². The van der Waals surface area contributed by atoms with Gasteiger partial charge >= 0.3 is 0 Å². The first-order chi connectivity index (χ1) is 11.1. The zero-order valence-electron chi connectivity index (χ0n) is 13.1. The molecule has 0 bridgehead atoms. The van der Waals surface area contributed by atoms with E-state index in [1.807, 2.05) is 36.1 Å². The molecular weight excluding hydrogens is 290 g/mol. The van der Waals surface area contributed by atoms with E-state index in [-0.39, 0.29) is 18.3 Å². The second-order valence-electron chi connectivity index (χ2n) is 5.83. The minimum absolute atomic E-state index is 0.00311. The van der Waals surface area contributed by atoms with Crippen molar-refractivity contribution in [2.75, 3.05) is 18.8 Å². The van der Waals surface area contributed by atoms with Crippen LogP contribution in [0.15, 0.2) is 24.3 Å². The van der Waals surface area contributed by atoms with E-state index in [0.29, 0.717) is 11.3 Å². The fraction of sp³-hybridized carbons (Fsp3) is 0.353. The van der Waals surface area contributed by atoms with Gasteiger partial charge in [-0.25, -0.2) is 4.68 Å². The highest BCUT2D eigenvalue weighted by Gasteiger charge is 2.22. The SMILES string of the molecule is Cc1ccc(-c2nn(CC(=O)N3CCCC3)c(N)c2C#N)cc1. The summed E-state index contributed by atoms with van der Waals surface area (Å²) in [5.74, 6) is 0.243. The Morgan fingerprint density at radius 3 is 2.57 bits per heavy atom. The molecule has 23 heavy (non-hydrogen) atoms. The maximum absolute atomic E-state index is 12.3. The monoisotopic (exact) mass is 309 g/mol. The van der Waals surface area contributed by atoms with Crippen LogP contribution < -0.4 is 5.73 Å². The van der Waals surface area contributed by atoms with Gasteiger partial charge in [-0.3, -0.25) is 4.79 Å². The van der Waals surface area contributed by atoms with Crippen molar-refractivity contribution in [3.8, 4) is 17.3 Å². The van der Waals surface area contributed by atoms with Crippen molar-refractivity contribution in [3.63, 3.8) is 0 Å². The molecule has 1 aliphatic heterocycles. The minimum Gasteiger partial charge on any atom is -0.383 e. The van der Waals surface area contributed by atoms with Gasteiger partial charge in [-0.15, -0.1) is 0 Å². The van der Waals surface area contributed by atoms with Gasteiger partial charge in [0.25, 0.3) is 0 Å². The van der Waals surface area contributed by atoms with Crippen LogP contribution in [0.5, 0.6) is 0 Å². The van der Waals surface area contributed by atoms with Gasteiger partial charge in [0.2, 0.25) is 5.91 Å². The third kappa shape index (κ3) is 2.90. The standard InChI is InChI=1S/C17H19N5O/c1-12-4-6-13(7-5-12)16-14(10-18)17(19)22(20-16)11-15(23)21-8-2-3-9-21/h4-7H,2-3,8-9,11,19H2,1H3. The summed E-state index contributed by atoms with van der Waals surface area (Å²) in [7, 11) is 0. The third-order valence-corrected chi connectivity index (χ3v) is 4.17. The third-order valence-electron chi connectivity index (χ3n) is 4.17. The number of hydrogen-bond acceptors (Lipinski definition) is 4. The molecule has 1 amide bonds. The number of carbonyl (C=O) groups is 1. The molecule has 1 saturated heterocycles. The fourth-order valence-electron chi connectivity index (χ4n) is 2.81. The predicted molar refractivity (Wildman–Crippen MR) is 87.3 cm³/mol. The number of nitriles is 1. The van der Waals surface area contributed by atoms with Crippen molar-refractivity contribution in [2.24, 2.45) is 0 Å². The largest absolute Gasteiger partial charge is 0.383 e. The van der Waals surface area contributed by atoms with Gasteiger partial charge < -0.3 is 10.6 Å². The summed E-state index contributed by atoms with van der Waals surface area (Å²) in [6.45, 7) is 3.65. The van der Waals surface area contributed by atoms with Crippen LogP contribution in [0.2, 0.25) is 0 Å². The molecule has 0 unspecified atom stereocenters. The normalized spacial score (nSPS) is 14.0. The van der Waals surface area contributed by atoms with Gasteiger partial charge in [0.1, 0.15) is 29.7 Å². The number of aromatic nitrogens is 2. The Morgan fingerprint density at radius 1 is 1.30 bits per heavy atom. The highest BCUT2D eigenvalue weighted by molar-refractivity contribution is 5.78. The number of amides is 1. The predicted octanol–water partition coefficient (Wildman–Crippen LogP) is 1.93. The minimum atomic E-state index is -0.00311. The molecule has 3 rings (SSSR count). The first-order valence-corrected chi connectivity index (χ1v) is 7.71. The molecule has 0 radical (unpaired) electrons. The summed E-state index contributed by atoms with van der Waals surface area (Å²) in [5, 5.41) is 13.8. The lowest BCUT2D eigenvalue weighted by Gasteiger charge is -2.15. The lowest BCUT2D eigenvalue weighted by Crippen LogP contribution is -2.31. The second-order valence-corrected chi connectivity index (χ2v) is 5.83. The number of anilines is 1. The number of benzene rings is 1. The number of nitrogen functional groups attached to an aromatic ring is 1. The van der Waals surface area contributed by atoms with Gasteiger partial charge in [0.05, 0.1) is 0 Å². The number of carbonyl (C=O) groups excluding carboxylic acids is 1. The van der Waals surface area contributed by atoms with E-state index in [2.05, 4.69) is 11.2 Å². The fourth-order valence-corrected chi connectivity index (χ4v) is 2.81. The molecular formula is C17H19N5O. The van der Waals surface area contributed by atoms with Crippen LogP contribution in [-0.2, 0) is 11.3 Å². The summed E-state index contributed by atoms with van der Waals surface area (Å²) in [6, 6.07) is 9.84. The molecule has 0 saturated carbocycles. The van der Waals surface area contributed by atoms with E-state index < -0.39 is 0 Å². The summed E-state index contributed by atoms with van der Waals surface area (Å²) < 4.78 is 1.44. The Morgan fingerprint density at radius 2 is 1.96 bits per heavy atom. The average molecular weight is 309 g/mol. The summed E-state index contributed by atoms with van der Waals surface area (Å²) in [6.07, 6.45) is 2.08. The topological polar surface area (TPSA) is 87.9 Å². The summed E-state index contributed by atoms with van der Waals surface area (Å²) in [4.78, 5) is 14.1. The van der Waals surface area contributed by atoms with E-state index in [9.17, 15) is 10.1 Å². The lowest BCUT2D eigenvalue weighted by atomic mass is 10.1. The maximum Gasteiger partial charge on any atom is 0.244 e. The summed E-state index contributed by atoms with van der Waals surface area (Å²) >= 11 is 0. The molecule has 1 fully saturated rings. The van der Waals surface area contributed by atoms with Crippen molar-refractivity contribution in [3.05, 3.63) is 35.4 Å². The zero-order chi connectivity index (χ0) is 16.4. The molecule has 2 aromatic rings. The molecule has 1 aliphatic rings. The van der Waals surface area contributed by atoms with Gasteiger partial charge in [-0.2, -0.15) is 10.4 Å². The number of likely N-dealkylation sites (tertiary alicyclic amines) is 1. The van der Waals surface area contributed by atoms with E-state index in [1.165, 1.54) is 4.68 Å². The van der Waals surface area contributed by atoms with Crippen LogP contribution in [-0.4, -0.2) is 33.7 Å². The van der Waals surface area contributed by atoms with Gasteiger partial charge in [0, 0.05) is 18.7 Å². The Kier molecular flexibility index (Phi) is 4.02. The molecule has 6 heteroatoms. The van der Waals surface area contributed by atoms with Crippen molar-refractivity contribution >= 4 is 11.7 Å². The van der Waals surface area contributed by atoms with Crippen molar-refractivity contribution < 1.29 is 4.79 Å². The number of rotatable bonds is 3. The number of hydrogen-bond donors (Lipinski definition) is 1. The van der Waals surface area contributed by atoms with E-state index in [1.54, 1.807) is 0 Å². The Hall–Kier alpha value is -2.81. The van der Waals surface area contributed by atoms with Gasteiger partial charge in [-0.1, -0.05) is 29.8 Å². The molecule has 1 aromatic carbocycles. The molecule has 0 atom stereocenters. The van der Waals surface area contributed by atoms with Crippen LogP contribution in [0.4, 0.5) is 5.82 Å². The van der Waals surface area contributed by atoms with Gasteiger partial charge in [-0.05, 0) is 19.8 Å². The zero-order valence-corrected chi connectivity index (χ0v) is 13.1. The van der Waals surface area contributed by atoms with E-state index in [0.717, 1.165) is 37.1 Å². The molecule has 2 heterocycles. The molecule has 1 aromatic heterocycles. The lowest BCUT2D eigenvalue weighted by molar-refractivity contribution is -0.130. The maximum atomic E-state index is 12.3. The smallest absolute Gasteiger partial charge is 0.244 e. The molecule has 118 valence electrons. The van der Waals surface area contributed by atoms with Crippen LogP contribution in [0.25, 0.3) is 11.3 Å². The highest BCUT2D eigenvalue weighted by atomic mass is 16.2. The van der Waals surface area contributed by atoms with Crippen molar-refractivity contribution in [1.29, 1.82) is 5.26 Å². The number of aryl methyl sites for hydroxylation is 1. The first-order valence-electron chi connectivity index (χ1n) is 7.71. The molecule has 2 N–H and O–H groups in total. The Labute approximate surface area is 135 Å². The van der Waals surface area contributed by atoms with E-state index in [4.69, 9.17) is 5.73 Å². The quantitative estimate of drug-likeness (QED) is 0.938. The van der Waals surface area contributed by atoms with Crippen LogP contribution in [0.1, 0.15) is 24.0 Å². The number of nitrogens with two attached hydrogens (primary N) is 1. The first kappa shape index (κ1) is 15.1. The van der Waals surface area contributed by atoms with Crippen LogP contribution in [0.3, 0.4) is 0 Å². The summed E-state index contributed by atoms with van der Waals surface area (Å²) in [5.41, 5.74) is 8.84. The van der Waals surface area contributed by atoms with Crippen LogP contribution >= 0.6 is 0 Å². The molecule has 0 aliphatic carbocycles. The molecule has 6 nitrogen and oxygen atoms in total. The molecule has 0 spiro atoms. The van der Waals surface area contributed by atoms with Crippen molar-refractivity contribution in [2.45, 2.75) is 26.3 Å². The van der Waals surface area contributed by atoms with Crippen LogP contribution in [0, 0.1) is 18.3 Å².